The maximum absolute atomic E-state index is 13.4. The van der Waals surface area contributed by atoms with E-state index in [9.17, 15) is 19.2 Å². The highest BCUT2D eigenvalue weighted by atomic mass is 16.5. The minimum atomic E-state index is -1.31. The van der Waals surface area contributed by atoms with Crippen LogP contribution in [0.5, 0.6) is 5.75 Å². The lowest BCUT2D eigenvalue weighted by Crippen LogP contribution is -2.52. The van der Waals surface area contributed by atoms with Crippen molar-refractivity contribution in [3.8, 4) is 5.75 Å². The molecule has 0 radical (unpaired) electrons. The van der Waals surface area contributed by atoms with E-state index in [1.807, 2.05) is 36.4 Å². The highest BCUT2D eigenvalue weighted by molar-refractivity contribution is 6.11. The molecule has 0 aliphatic carbocycles. The van der Waals surface area contributed by atoms with Crippen LogP contribution in [0.2, 0.25) is 0 Å². The number of hydrogen-bond donors (Lipinski definition) is 2. The Kier molecular flexibility index (Phi) is 5.39. The molecule has 1 saturated heterocycles. The lowest BCUT2D eigenvalue weighted by atomic mass is 9.90. The highest BCUT2D eigenvalue weighted by Gasteiger charge is 2.50. The normalized spacial score (nSPS) is 21.4. The number of carbonyl (C=O) groups is 4. The Morgan fingerprint density at radius 2 is 1.77 bits per heavy atom. The average molecular weight is 473 g/mol. The SMILES string of the molecule is CNC(=O)C1CN(C(=O)CN2C(=O)NC(C)(c3ccc4ccccc4c3)C2=O)c2ccccc2O1. The van der Waals surface area contributed by atoms with E-state index in [1.54, 1.807) is 37.3 Å². The van der Waals surface area contributed by atoms with E-state index in [-0.39, 0.29) is 12.5 Å². The summed E-state index contributed by atoms with van der Waals surface area (Å²) in [5, 5.41) is 7.23. The van der Waals surface area contributed by atoms with Gasteiger partial charge >= 0.3 is 6.03 Å². The number of nitrogens with zero attached hydrogens (tertiary/aromatic N) is 2. The topological polar surface area (TPSA) is 108 Å². The fourth-order valence-electron chi connectivity index (χ4n) is 4.53. The summed E-state index contributed by atoms with van der Waals surface area (Å²) in [4.78, 5) is 54.2. The largest absolute Gasteiger partial charge is 0.477 e. The Morgan fingerprint density at radius 1 is 1.06 bits per heavy atom. The monoisotopic (exact) mass is 472 g/mol. The second-order valence-corrected chi connectivity index (χ2v) is 8.70. The van der Waals surface area contributed by atoms with Crippen LogP contribution in [-0.2, 0) is 19.9 Å². The Bertz CT molecular complexity index is 1370. The van der Waals surface area contributed by atoms with Crippen molar-refractivity contribution in [1.82, 2.24) is 15.5 Å². The number of rotatable bonds is 4. The maximum atomic E-state index is 13.4. The summed E-state index contributed by atoms with van der Waals surface area (Å²) in [5.74, 6) is -1.02. The molecule has 2 heterocycles. The molecule has 2 unspecified atom stereocenters. The molecule has 0 aromatic heterocycles. The molecule has 2 atom stereocenters. The van der Waals surface area contributed by atoms with Gasteiger partial charge in [-0.1, -0.05) is 48.5 Å². The second-order valence-electron chi connectivity index (χ2n) is 8.70. The van der Waals surface area contributed by atoms with Gasteiger partial charge in [-0.25, -0.2) is 4.79 Å². The number of para-hydroxylation sites is 2. The lowest BCUT2D eigenvalue weighted by Gasteiger charge is -2.34. The third kappa shape index (κ3) is 3.74. The molecule has 2 aliphatic rings. The highest BCUT2D eigenvalue weighted by Crippen LogP contribution is 2.34. The summed E-state index contributed by atoms with van der Waals surface area (Å²) in [6, 6.07) is 19.5. The predicted octanol–water partition coefficient (Wildman–Crippen LogP) is 2.15. The Hall–Kier alpha value is -4.40. The quantitative estimate of drug-likeness (QED) is 0.566. The van der Waals surface area contributed by atoms with Crippen molar-refractivity contribution in [2.24, 2.45) is 0 Å². The summed E-state index contributed by atoms with van der Waals surface area (Å²) < 4.78 is 5.74. The zero-order valence-electron chi connectivity index (χ0n) is 19.3. The summed E-state index contributed by atoms with van der Waals surface area (Å²) in [6.07, 6.45) is -0.912. The van der Waals surface area contributed by atoms with E-state index in [4.69, 9.17) is 4.74 Å². The number of fused-ring (bicyclic) bond motifs is 2. The van der Waals surface area contributed by atoms with E-state index in [0.717, 1.165) is 15.7 Å². The zero-order valence-corrected chi connectivity index (χ0v) is 19.3. The van der Waals surface area contributed by atoms with Crippen molar-refractivity contribution in [2.75, 3.05) is 25.0 Å². The number of carbonyl (C=O) groups excluding carboxylic acids is 4. The number of anilines is 1. The molecular weight excluding hydrogens is 448 g/mol. The average Bonchev–Trinajstić information content (AvgIpc) is 3.10. The van der Waals surface area contributed by atoms with Crippen LogP contribution in [0.1, 0.15) is 12.5 Å². The number of urea groups is 1. The molecule has 5 amide bonds. The number of imide groups is 1. The first-order chi connectivity index (χ1) is 16.8. The van der Waals surface area contributed by atoms with Gasteiger partial charge in [0.25, 0.3) is 11.8 Å². The molecule has 9 heteroatoms. The van der Waals surface area contributed by atoms with Gasteiger partial charge in [-0.05, 0) is 41.5 Å². The zero-order chi connectivity index (χ0) is 24.7. The summed E-state index contributed by atoms with van der Waals surface area (Å²) in [5.41, 5.74) is -0.211. The number of amides is 5. The van der Waals surface area contributed by atoms with Gasteiger partial charge in [0.15, 0.2) is 6.10 Å². The number of hydrogen-bond acceptors (Lipinski definition) is 5. The summed E-state index contributed by atoms with van der Waals surface area (Å²) in [7, 11) is 1.49. The predicted molar refractivity (Wildman–Crippen MR) is 129 cm³/mol. The van der Waals surface area contributed by atoms with Crippen LogP contribution in [-0.4, -0.2) is 54.9 Å². The first kappa shape index (κ1) is 22.4. The first-order valence-corrected chi connectivity index (χ1v) is 11.2. The molecule has 0 bridgehead atoms. The van der Waals surface area contributed by atoms with Gasteiger partial charge in [-0.3, -0.25) is 19.3 Å². The fraction of sp³-hybridized carbons (Fsp3) is 0.231. The third-order valence-electron chi connectivity index (χ3n) is 6.51. The maximum Gasteiger partial charge on any atom is 0.325 e. The van der Waals surface area contributed by atoms with E-state index >= 15 is 0 Å². The van der Waals surface area contributed by atoms with Crippen LogP contribution >= 0.6 is 0 Å². The van der Waals surface area contributed by atoms with Crippen LogP contribution in [0.4, 0.5) is 10.5 Å². The van der Waals surface area contributed by atoms with Gasteiger partial charge in [0.05, 0.1) is 12.2 Å². The van der Waals surface area contributed by atoms with Gasteiger partial charge in [0.2, 0.25) is 5.91 Å². The van der Waals surface area contributed by atoms with E-state index in [2.05, 4.69) is 10.6 Å². The fourth-order valence-corrected chi connectivity index (χ4v) is 4.53. The molecule has 35 heavy (non-hydrogen) atoms. The van der Waals surface area contributed by atoms with Crippen molar-refractivity contribution in [3.05, 3.63) is 72.3 Å². The Morgan fingerprint density at radius 3 is 2.54 bits per heavy atom. The molecule has 0 saturated carbocycles. The van der Waals surface area contributed by atoms with Gasteiger partial charge in [0.1, 0.15) is 17.8 Å². The van der Waals surface area contributed by atoms with Gasteiger partial charge in [-0.2, -0.15) is 0 Å². The smallest absolute Gasteiger partial charge is 0.325 e. The minimum Gasteiger partial charge on any atom is -0.477 e. The molecule has 3 aromatic carbocycles. The van der Waals surface area contributed by atoms with Crippen molar-refractivity contribution in [2.45, 2.75) is 18.6 Å². The van der Waals surface area contributed by atoms with E-state index in [0.29, 0.717) is 17.0 Å². The van der Waals surface area contributed by atoms with Crippen molar-refractivity contribution in [1.29, 1.82) is 0 Å². The standard InChI is InChI=1S/C26H24N4O5/c1-26(18-12-11-16-7-3-4-8-17(16)13-18)24(33)30(25(34)28-26)15-22(31)29-14-21(23(32)27-2)35-20-10-6-5-9-19(20)29/h3-13,21H,14-15H2,1-2H3,(H,27,32)(H,28,34). The number of likely N-dealkylation sites (N-methyl/N-ethyl adjacent to an activating group) is 1. The van der Waals surface area contributed by atoms with Gasteiger partial charge < -0.3 is 20.3 Å². The summed E-state index contributed by atoms with van der Waals surface area (Å²) in [6.45, 7) is 1.12. The van der Waals surface area contributed by atoms with E-state index < -0.39 is 36.0 Å². The molecular formula is C26H24N4O5. The Balaban J connectivity index is 1.41. The van der Waals surface area contributed by atoms with Crippen molar-refractivity contribution < 1.29 is 23.9 Å². The number of ether oxygens (including phenoxy) is 1. The molecule has 5 rings (SSSR count). The van der Waals surface area contributed by atoms with Crippen LogP contribution < -0.4 is 20.3 Å². The molecule has 178 valence electrons. The molecule has 2 aliphatic heterocycles. The molecule has 3 aromatic rings. The minimum absolute atomic E-state index is 0.0406. The third-order valence-corrected chi connectivity index (χ3v) is 6.51. The molecule has 0 spiro atoms. The Labute approximate surface area is 201 Å². The van der Waals surface area contributed by atoms with Crippen LogP contribution in [0, 0.1) is 0 Å². The van der Waals surface area contributed by atoms with Crippen molar-refractivity contribution in [3.63, 3.8) is 0 Å². The van der Waals surface area contributed by atoms with Gasteiger partial charge in [0, 0.05) is 7.05 Å². The molecule has 2 N–H and O–H groups in total. The van der Waals surface area contributed by atoms with Crippen LogP contribution in [0.25, 0.3) is 10.8 Å². The molecule has 9 nitrogen and oxygen atoms in total. The lowest BCUT2D eigenvalue weighted by molar-refractivity contribution is -0.134. The van der Waals surface area contributed by atoms with E-state index in [1.165, 1.54) is 11.9 Å². The number of nitrogens with one attached hydrogen (secondary N) is 2. The first-order valence-electron chi connectivity index (χ1n) is 11.2. The second kappa shape index (κ2) is 8.43. The van der Waals surface area contributed by atoms with Crippen LogP contribution in [0.15, 0.2) is 66.7 Å². The summed E-state index contributed by atoms with van der Waals surface area (Å²) >= 11 is 0. The molecule has 1 fully saturated rings. The van der Waals surface area contributed by atoms with Gasteiger partial charge in [-0.15, -0.1) is 0 Å². The number of benzene rings is 3. The van der Waals surface area contributed by atoms with Crippen LogP contribution in [0.3, 0.4) is 0 Å². The van der Waals surface area contributed by atoms with Crippen molar-refractivity contribution >= 4 is 40.2 Å².